The van der Waals surface area contributed by atoms with E-state index in [1.807, 2.05) is 41.0 Å². The number of phenolic OH excluding ortho intramolecular Hbond substituents is 2. The first kappa shape index (κ1) is 23.3. The number of urea groups is 1. The highest BCUT2D eigenvalue weighted by molar-refractivity contribution is 6.15. The summed E-state index contributed by atoms with van der Waals surface area (Å²) in [5.74, 6) is 2.01. The predicted molar refractivity (Wildman–Crippen MR) is 141 cm³/mol. The number of imidazole rings is 1. The van der Waals surface area contributed by atoms with Crippen LogP contribution in [0, 0.1) is 0 Å². The van der Waals surface area contributed by atoms with Crippen molar-refractivity contribution in [2.75, 3.05) is 7.11 Å². The zero-order valence-electron chi connectivity index (χ0n) is 20.4. The Hall–Kier alpha value is -5.12. The molecule has 3 aromatic carbocycles. The molecule has 4 aromatic rings. The zero-order valence-corrected chi connectivity index (χ0v) is 20.4. The fraction of sp³-hybridized carbons (Fsp3) is 0.143. The Labute approximate surface area is 218 Å². The number of aromatic nitrogens is 2. The Morgan fingerprint density at radius 2 is 1.53 bits per heavy atom. The Morgan fingerprint density at radius 3 is 2.16 bits per heavy atom. The van der Waals surface area contributed by atoms with Gasteiger partial charge in [-0.1, -0.05) is 36.4 Å². The maximum atomic E-state index is 13.5. The molecule has 0 aliphatic carbocycles. The molecule has 10 heteroatoms. The summed E-state index contributed by atoms with van der Waals surface area (Å²) in [6.45, 7) is 0.694. The lowest BCUT2D eigenvalue weighted by Gasteiger charge is -2.28. The van der Waals surface area contributed by atoms with Gasteiger partial charge in [0, 0.05) is 0 Å². The number of hydrogen-bond acceptors (Lipinski definition) is 7. The molecule has 1 fully saturated rings. The van der Waals surface area contributed by atoms with Gasteiger partial charge in [-0.25, -0.2) is 19.8 Å². The molecular weight excluding hydrogens is 484 g/mol. The van der Waals surface area contributed by atoms with E-state index < -0.39 is 5.54 Å². The van der Waals surface area contributed by atoms with Crippen LogP contribution in [-0.4, -0.2) is 50.0 Å². The van der Waals surface area contributed by atoms with Gasteiger partial charge in [0.1, 0.15) is 29.3 Å². The average molecular weight is 509 g/mol. The van der Waals surface area contributed by atoms with Crippen LogP contribution in [0.15, 0.2) is 89.1 Å². The first-order valence-corrected chi connectivity index (χ1v) is 11.9. The Morgan fingerprint density at radius 1 is 0.895 bits per heavy atom. The van der Waals surface area contributed by atoms with E-state index >= 15 is 0 Å². The molecule has 2 amide bonds. The van der Waals surface area contributed by atoms with Gasteiger partial charge in [0.25, 0.3) is 0 Å². The predicted octanol–water partition coefficient (Wildman–Crippen LogP) is 3.89. The molecule has 10 nitrogen and oxygen atoms in total. The number of nitrogens with zero attached hydrogens (tertiary/aromatic N) is 5. The monoisotopic (exact) mass is 508 g/mol. The van der Waals surface area contributed by atoms with E-state index in [-0.39, 0.29) is 24.1 Å². The molecule has 0 spiro atoms. The molecule has 6 rings (SSSR count). The number of nitrogens with one attached hydrogen (secondary N) is 1. The number of ether oxygens (including phenoxy) is 1. The number of rotatable bonds is 6. The van der Waals surface area contributed by atoms with Gasteiger partial charge in [-0.2, -0.15) is 0 Å². The summed E-state index contributed by atoms with van der Waals surface area (Å²) in [6, 6.07) is 20.7. The van der Waals surface area contributed by atoms with Gasteiger partial charge in [0.2, 0.25) is 0 Å². The summed E-state index contributed by atoms with van der Waals surface area (Å²) in [5.41, 5.74) is 1.86. The van der Waals surface area contributed by atoms with E-state index in [0.717, 1.165) is 16.7 Å². The van der Waals surface area contributed by atoms with Crippen molar-refractivity contribution in [3.05, 3.63) is 102 Å². The van der Waals surface area contributed by atoms with Gasteiger partial charge in [-0.15, -0.1) is 0 Å². The molecule has 2 aliphatic rings. The number of fused-ring (bicyclic) bond motifs is 3. The maximum absolute atomic E-state index is 13.5. The second kappa shape index (κ2) is 9.07. The van der Waals surface area contributed by atoms with Crippen LogP contribution in [0.1, 0.15) is 22.4 Å². The van der Waals surface area contributed by atoms with Crippen LogP contribution in [0.2, 0.25) is 0 Å². The van der Waals surface area contributed by atoms with E-state index in [4.69, 9.17) is 9.72 Å². The van der Waals surface area contributed by atoms with Crippen molar-refractivity contribution in [2.45, 2.75) is 18.6 Å². The second-order valence-electron chi connectivity index (χ2n) is 9.07. The largest absolute Gasteiger partial charge is 0.508 e. The third kappa shape index (κ3) is 3.83. The van der Waals surface area contributed by atoms with Crippen LogP contribution in [0.3, 0.4) is 0 Å². The van der Waals surface area contributed by atoms with Crippen molar-refractivity contribution in [3.8, 4) is 17.2 Å². The summed E-state index contributed by atoms with van der Waals surface area (Å²) in [4.78, 5) is 29.2. The number of hydrogen-bond donors (Lipinski definition) is 3. The molecule has 38 heavy (non-hydrogen) atoms. The van der Waals surface area contributed by atoms with E-state index in [2.05, 4.69) is 15.3 Å². The number of methoxy groups -OCH3 is 1. The van der Waals surface area contributed by atoms with Crippen LogP contribution in [0.5, 0.6) is 17.2 Å². The second-order valence-corrected chi connectivity index (χ2v) is 9.07. The average Bonchev–Trinajstić information content (AvgIpc) is 3.40. The fourth-order valence-corrected chi connectivity index (χ4v) is 4.85. The van der Waals surface area contributed by atoms with Crippen molar-refractivity contribution in [1.82, 2.24) is 19.8 Å². The van der Waals surface area contributed by atoms with Crippen molar-refractivity contribution in [2.24, 2.45) is 9.98 Å². The van der Waals surface area contributed by atoms with Crippen molar-refractivity contribution < 1.29 is 19.7 Å². The fourth-order valence-electron chi connectivity index (χ4n) is 4.85. The van der Waals surface area contributed by atoms with Gasteiger partial charge in [-0.3, -0.25) is 4.90 Å². The molecule has 3 N–H and O–H groups in total. The number of carbonyl (C=O) groups excluding carboxylic acids is 1. The van der Waals surface area contributed by atoms with Gasteiger partial charge in [0.05, 0.1) is 26.5 Å². The van der Waals surface area contributed by atoms with Crippen LogP contribution < -0.4 is 10.1 Å². The number of aliphatic imine (C=N–C) groups is 2. The first-order valence-electron chi connectivity index (χ1n) is 11.9. The lowest BCUT2D eigenvalue weighted by atomic mass is 9.85. The van der Waals surface area contributed by atoms with Crippen LogP contribution in [-0.2, 0) is 18.6 Å². The third-order valence-corrected chi connectivity index (χ3v) is 6.75. The summed E-state index contributed by atoms with van der Waals surface area (Å²) in [5, 5.41) is 22.5. The molecule has 0 saturated carbocycles. The van der Waals surface area contributed by atoms with E-state index in [1.165, 1.54) is 6.34 Å². The smallest absolute Gasteiger partial charge is 0.324 e. The highest BCUT2D eigenvalue weighted by Crippen LogP contribution is 2.42. The lowest BCUT2D eigenvalue weighted by Crippen LogP contribution is -2.45. The number of carbonyl (C=O) groups is 1. The highest BCUT2D eigenvalue weighted by atomic mass is 16.5. The number of phenols is 2. The Balaban J connectivity index is 1.47. The van der Waals surface area contributed by atoms with Gasteiger partial charge in [-0.05, 0) is 53.1 Å². The SMILES string of the molecule is COc1ccc(C23NC(=O)N(Cc4ccc(O)cc4)C2=NC=Nc2c3ncn2Cc2ccc(O)cc2)cc1. The van der Waals surface area contributed by atoms with E-state index in [1.54, 1.807) is 54.7 Å². The topological polar surface area (TPSA) is 125 Å². The molecule has 2 aliphatic heterocycles. The number of amidine groups is 1. The standard InChI is InChI=1S/C28H24N6O4/c1-38-23-12-6-20(7-13-23)28-24-25(33(17-31-24)14-18-2-8-21(35)9-3-18)29-16-30-26(28)34(27(37)32-28)15-19-4-10-22(36)11-5-19/h2-13,16-17,35-36H,14-15H2,1H3,(H,32,37). The number of benzene rings is 3. The minimum absolute atomic E-state index is 0.148. The molecule has 1 saturated heterocycles. The molecular formula is C28H24N6O4. The van der Waals surface area contributed by atoms with Gasteiger partial charge in [0.15, 0.2) is 17.2 Å². The lowest BCUT2D eigenvalue weighted by molar-refractivity contribution is 0.225. The summed E-state index contributed by atoms with van der Waals surface area (Å²) < 4.78 is 7.24. The normalized spacial score (nSPS) is 17.9. The number of amides is 2. The molecule has 0 bridgehead atoms. The molecule has 1 unspecified atom stereocenters. The van der Waals surface area contributed by atoms with Crippen LogP contribution in [0.25, 0.3) is 0 Å². The van der Waals surface area contributed by atoms with Crippen LogP contribution >= 0.6 is 0 Å². The van der Waals surface area contributed by atoms with Gasteiger partial charge >= 0.3 is 6.03 Å². The molecule has 3 heterocycles. The molecule has 1 atom stereocenters. The highest BCUT2D eigenvalue weighted by Gasteiger charge is 2.55. The van der Waals surface area contributed by atoms with Gasteiger partial charge < -0.3 is 24.8 Å². The van der Waals surface area contributed by atoms with Crippen LogP contribution in [0.4, 0.5) is 10.6 Å². The summed E-state index contributed by atoms with van der Waals surface area (Å²) >= 11 is 0. The Bertz CT molecular complexity index is 1560. The van der Waals surface area contributed by atoms with E-state index in [0.29, 0.717) is 29.6 Å². The quantitative estimate of drug-likeness (QED) is 0.365. The first-order chi connectivity index (χ1) is 18.5. The minimum atomic E-state index is -1.20. The Kier molecular flexibility index (Phi) is 5.56. The molecule has 1 aromatic heterocycles. The zero-order chi connectivity index (χ0) is 26.3. The van der Waals surface area contributed by atoms with E-state index in [9.17, 15) is 15.0 Å². The van der Waals surface area contributed by atoms with Crippen molar-refractivity contribution in [3.63, 3.8) is 0 Å². The summed E-state index contributed by atoms with van der Waals surface area (Å²) in [7, 11) is 1.60. The molecule has 190 valence electrons. The number of aromatic hydroxyl groups is 2. The van der Waals surface area contributed by atoms with Crippen molar-refractivity contribution in [1.29, 1.82) is 0 Å². The third-order valence-electron chi connectivity index (χ3n) is 6.75. The summed E-state index contributed by atoms with van der Waals surface area (Å²) in [6.07, 6.45) is 3.14. The maximum Gasteiger partial charge on any atom is 0.324 e. The minimum Gasteiger partial charge on any atom is -0.508 e. The van der Waals surface area contributed by atoms with Crippen molar-refractivity contribution >= 4 is 24.0 Å². The molecule has 0 radical (unpaired) electrons.